The van der Waals surface area contributed by atoms with Crippen LogP contribution >= 0.6 is 23.4 Å². The first-order chi connectivity index (χ1) is 13.2. The van der Waals surface area contributed by atoms with Crippen LogP contribution in [0.1, 0.15) is 11.3 Å². The number of fused-ring (bicyclic) bond motifs is 1. The minimum Gasteiger partial charge on any atom is -0.281 e. The van der Waals surface area contributed by atoms with E-state index in [1.165, 1.54) is 11.8 Å². The molecular weight excluding hydrogens is 378 g/mol. The van der Waals surface area contributed by atoms with E-state index in [2.05, 4.69) is 4.98 Å². The minimum absolute atomic E-state index is 0.0511. The lowest BCUT2D eigenvalue weighted by Crippen LogP contribution is -2.24. The molecule has 0 atom stereocenters. The van der Waals surface area contributed by atoms with Gasteiger partial charge in [-0.2, -0.15) is 0 Å². The molecule has 0 saturated heterocycles. The molecule has 0 aliphatic heterocycles. The van der Waals surface area contributed by atoms with Crippen molar-refractivity contribution in [2.45, 2.75) is 17.5 Å². The molecule has 4 nitrogen and oxygen atoms in total. The predicted octanol–water partition coefficient (Wildman–Crippen LogP) is 4.79. The Balaban J connectivity index is 1.73. The highest BCUT2D eigenvalue weighted by molar-refractivity contribution is 7.98. The predicted molar refractivity (Wildman–Crippen MR) is 110 cm³/mol. The molecule has 2 aromatic heterocycles. The summed E-state index contributed by atoms with van der Waals surface area (Å²) in [6.45, 7) is 0.389. The highest BCUT2D eigenvalue weighted by atomic mass is 35.5. The number of aromatic nitrogens is 3. The van der Waals surface area contributed by atoms with Gasteiger partial charge in [0.1, 0.15) is 0 Å². The summed E-state index contributed by atoms with van der Waals surface area (Å²) in [5, 5.41) is 2.00. The van der Waals surface area contributed by atoms with Crippen molar-refractivity contribution in [3.63, 3.8) is 0 Å². The van der Waals surface area contributed by atoms with Gasteiger partial charge in [-0.25, -0.2) is 4.98 Å². The summed E-state index contributed by atoms with van der Waals surface area (Å²) in [5.74, 6) is 0.699. The Kier molecular flexibility index (Phi) is 5.23. The Bertz CT molecular complexity index is 1130. The standard InChI is InChI=1S/C21H16ClN3OS/c22-16-10-8-15(9-11-16)14-27-21-24-19-7-2-1-6-18(19)20(26)25(21)13-17-5-3-4-12-23-17/h1-12H,13-14H2. The molecule has 134 valence electrons. The topological polar surface area (TPSA) is 47.8 Å². The van der Waals surface area contributed by atoms with E-state index in [4.69, 9.17) is 16.6 Å². The summed E-state index contributed by atoms with van der Waals surface area (Å²) in [4.78, 5) is 22.2. The fourth-order valence-electron chi connectivity index (χ4n) is 2.78. The van der Waals surface area contributed by atoms with E-state index in [9.17, 15) is 4.79 Å². The summed E-state index contributed by atoms with van der Waals surface area (Å²) < 4.78 is 1.70. The van der Waals surface area contributed by atoms with E-state index in [1.807, 2.05) is 66.7 Å². The van der Waals surface area contributed by atoms with E-state index in [0.717, 1.165) is 11.3 Å². The van der Waals surface area contributed by atoms with E-state index in [-0.39, 0.29) is 5.56 Å². The SMILES string of the molecule is O=c1c2ccccc2nc(SCc2ccc(Cl)cc2)n1Cc1ccccn1. The number of hydrogen-bond donors (Lipinski definition) is 0. The second-order valence-electron chi connectivity index (χ2n) is 6.04. The molecule has 0 radical (unpaired) electrons. The van der Waals surface area contributed by atoms with Crippen molar-refractivity contribution in [2.75, 3.05) is 0 Å². The molecule has 0 unspecified atom stereocenters. The first-order valence-electron chi connectivity index (χ1n) is 8.47. The molecule has 2 aromatic carbocycles. The van der Waals surface area contributed by atoms with Crippen molar-refractivity contribution in [1.29, 1.82) is 0 Å². The van der Waals surface area contributed by atoms with Crippen LogP contribution in [-0.2, 0) is 12.3 Å². The van der Waals surface area contributed by atoms with Crippen LogP contribution in [0, 0.1) is 0 Å². The lowest BCUT2D eigenvalue weighted by molar-refractivity contribution is 0.646. The monoisotopic (exact) mass is 393 g/mol. The molecule has 0 saturated carbocycles. The largest absolute Gasteiger partial charge is 0.281 e. The summed E-state index contributed by atoms with van der Waals surface area (Å²) in [7, 11) is 0. The van der Waals surface area contributed by atoms with Crippen molar-refractivity contribution in [3.8, 4) is 0 Å². The van der Waals surface area contributed by atoms with Crippen LogP contribution in [0.3, 0.4) is 0 Å². The Morgan fingerprint density at radius 3 is 2.52 bits per heavy atom. The van der Waals surface area contributed by atoms with Crippen LogP contribution in [0.25, 0.3) is 10.9 Å². The van der Waals surface area contributed by atoms with Gasteiger partial charge in [0.2, 0.25) is 0 Å². The Morgan fingerprint density at radius 1 is 0.963 bits per heavy atom. The second kappa shape index (κ2) is 7.94. The summed E-state index contributed by atoms with van der Waals surface area (Å²) in [5.41, 5.74) is 2.60. The lowest BCUT2D eigenvalue weighted by Gasteiger charge is -2.13. The van der Waals surface area contributed by atoms with Gasteiger partial charge in [-0.05, 0) is 42.0 Å². The molecule has 0 aliphatic rings. The number of benzene rings is 2. The van der Waals surface area contributed by atoms with Crippen LogP contribution in [0.15, 0.2) is 82.9 Å². The smallest absolute Gasteiger partial charge is 0.262 e. The van der Waals surface area contributed by atoms with Crippen molar-refractivity contribution in [1.82, 2.24) is 14.5 Å². The van der Waals surface area contributed by atoms with Gasteiger partial charge in [0.25, 0.3) is 5.56 Å². The summed E-state index contributed by atoms with van der Waals surface area (Å²) in [6, 6.07) is 20.8. The summed E-state index contributed by atoms with van der Waals surface area (Å²) in [6.07, 6.45) is 1.73. The Morgan fingerprint density at radius 2 is 1.74 bits per heavy atom. The molecule has 0 aliphatic carbocycles. The highest BCUT2D eigenvalue weighted by Crippen LogP contribution is 2.23. The zero-order valence-electron chi connectivity index (χ0n) is 14.4. The van der Waals surface area contributed by atoms with E-state index in [1.54, 1.807) is 10.8 Å². The zero-order valence-corrected chi connectivity index (χ0v) is 16.0. The van der Waals surface area contributed by atoms with Crippen LogP contribution < -0.4 is 5.56 Å². The van der Waals surface area contributed by atoms with Gasteiger partial charge < -0.3 is 0 Å². The van der Waals surface area contributed by atoms with E-state index in [0.29, 0.717) is 33.4 Å². The van der Waals surface area contributed by atoms with Gasteiger partial charge in [-0.1, -0.05) is 53.7 Å². The van der Waals surface area contributed by atoms with Crippen molar-refractivity contribution >= 4 is 34.3 Å². The third kappa shape index (κ3) is 4.04. The number of hydrogen-bond acceptors (Lipinski definition) is 4. The normalized spacial score (nSPS) is 11.0. The molecule has 0 fully saturated rings. The van der Waals surface area contributed by atoms with Gasteiger partial charge in [0.05, 0.1) is 23.1 Å². The van der Waals surface area contributed by atoms with Crippen LogP contribution in [0.2, 0.25) is 5.02 Å². The fraction of sp³-hybridized carbons (Fsp3) is 0.0952. The van der Waals surface area contributed by atoms with Gasteiger partial charge in [0.15, 0.2) is 5.16 Å². The highest BCUT2D eigenvalue weighted by Gasteiger charge is 2.12. The van der Waals surface area contributed by atoms with Crippen molar-refractivity contribution in [3.05, 3.63) is 99.6 Å². The van der Waals surface area contributed by atoms with Crippen molar-refractivity contribution in [2.24, 2.45) is 0 Å². The molecule has 27 heavy (non-hydrogen) atoms. The third-order valence-corrected chi connectivity index (χ3v) is 5.45. The molecule has 0 bridgehead atoms. The number of thioether (sulfide) groups is 1. The molecule has 2 heterocycles. The first-order valence-corrected chi connectivity index (χ1v) is 9.84. The maximum atomic E-state index is 13.1. The first kappa shape index (κ1) is 17.8. The fourth-order valence-corrected chi connectivity index (χ4v) is 3.86. The second-order valence-corrected chi connectivity index (χ2v) is 7.42. The van der Waals surface area contributed by atoms with Gasteiger partial charge in [-0.3, -0.25) is 14.3 Å². The number of pyridine rings is 1. The van der Waals surface area contributed by atoms with Crippen LogP contribution in [0.5, 0.6) is 0 Å². The lowest BCUT2D eigenvalue weighted by atomic mass is 10.2. The minimum atomic E-state index is -0.0511. The molecule has 4 rings (SSSR count). The average Bonchev–Trinajstić information content (AvgIpc) is 2.71. The van der Waals surface area contributed by atoms with E-state index >= 15 is 0 Å². The number of halogens is 1. The maximum absolute atomic E-state index is 13.1. The number of para-hydroxylation sites is 1. The molecule has 4 aromatic rings. The quantitative estimate of drug-likeness (QED) is 0.361. The van der Waals surface area contributed by atoms with Crippen molar-refractivity contribution < 1.29 is 0 Å². The van der Waals surface area contributed by atoms with Gasteiger partial charge in [-0.15, -0.1) is 0 Å². The number of nitrogens with zero attached hydrogens (tertiary/aromatic N) is 3. The van der Waals surface area contributed by atoms with Gasteiger partial charge >= 0.3 is 0 Å². The average molecular weight is 394 g/mol. The molecular formula is C21H16ClN3OS. The van der Waals surface area contributed by atoms with E-state index < -0.39 is 0 Å². The maximum Gasteiger partial charge on any atom is 0.262 e. The van der Waals surface area contributed by atoms with Crippen LogP contribution in [-0.4, -0.2) is 14.5 Å². The van der Waals surface area contributed by atoms with Crippen LogP contribution in [0.4, 0.5) is 0 Å². The zero-order chi connectivity index (χ0) is 18.6. The summed E-state index contributed by atoms with van der Waals surface area (Å²) >= 11 is 7.49. The molecule has 6 heteroatoms. The Hall–Kier alpha value is -2.63. The molecule has 0 N–H and O–H groups in total. The third-order valence-electron chi connectivity index (χ3n) is 4.15. The molecule has 0 spiro atoms. The van der Waals surface area contributed by atoms with Gasteiger partial charge in [0, 0.05) is 17.0 Å². The Labute approximate surface area is 165 Å². The molecule has 0 amide bonds. The number of rotatable bonds is 5.